The van der Waals surface area contributed by atoms with Crippen molar-refractivity contribution in [1.29, 1.82) is 0 Å². The molecule has 7 heteroatoms. The third kappa shape index (κ3) is 4.84. The Balaban J connectivity index is 1.79. The van der Waals surface area contributed by atoms with Crippen molar-refractivity contribution < 1.29 is 14.3 Å². The lowest BCUT2D eigenvalue weighted by atomic mass is 10.0. The van der Waals surface area contributed by atoms with E-state index in [0.717, 1.165) is 31.4 Å². The molecule has 132 valence electrons. The second-order valence-corrected chi connectivity index (χ2v) is 6.13. The number of pyridine rings is 1. The molecule has 0 saturated carbocycles. The number of aromatic nitrogens is 1. The lowest BCUT2D eigenvalue weighted by molar-refractivity contribution is -0.136. The number of nitrogens with one attached hydrogen (secondary N) is 2. The van der Waals surface area contributed by atoms with Gasteiger partial charge in [0.1, 0.15) is 6.04 Å². The van der Waals surface area contributed by atoms with Crippen molar-refractivity contribution >= 4 is 11.9 Å². The number of likely N-dealkylation sites (tertiary alicyclic amines) is 1. The number of urea groups is 1. The van der Waals surface area contributed by atoms with E-state index in [2.05, 4.69) is 22.5 Å². The first-order valence-electron chi connectivity index (χ1n) is 8.35. The van der Waals surface area contributed by atoms with Crippen molar-refractivity contribution in [2.45, 2.75) is 51.7 Å². The maximum absolute atomic E-state index is 12.4. The molecule has 0 unspecified atom stereocenters. The monoisotopic (exact) mass is 334 g/mol. The van der Waals surface area contributed by atoms with Crippen LogP contribution in [0.3, 0.4) is 0 Å². The number of methoxy groups -OCH3 is 1. The van der Waals surface area contributed by atoms with Gasteiger partial charge in [-0.2, -0.15) is 0 Å². The largest absolute Gasteiger partial charge is 0.481 e. The number of hydrogen-bond donors (Lipinski definition) is 2. The number of hydrogen-bond acceptors (Lipinski definition) is 4. The van der Waals surface area contributed by atoms with Crippen LogP contribution in [-0.2, 0) is 11.3 Å². The molecule has 0 spiro atoms. The Bertz CT molecular complexity index is 561. The fourth-order valence-corrected chi connectivity index (χ4v) is 2.80. The minimum atomic E-state index is -0.542. The summed E-state index contributed by atoms with van der Waals surface area (Å²) in [5.74, 6) is 0.501. The topological polar surface area (TPSA) is 83.6 Å². The Hall–Kier alpha value is -2.31. The first-order chi connectivity index (χ1) is 11.5. The number of carbonyl (C=O) groups is 2. The van der Waals surface area contributed by atoms with Crippen molar-refractivity contribution in [3.05, 3.63) is 23.9 Å². The van der Waals surface area contributed by atoms with Crippen LogP contribution in [0.4, 0.5) is 4.79 Å². The molecular weight excluding hydrogens is 308 g/mol. The predicted octanol–water partition coefficient (Wildman–Crippen LogP) is 1.68. The molecule has 2 heterocycles. The highest BCUT2D eigenvalue weighted by atomic mass is 16.5. The number of rotatable bonds is 5. The van der Waals surface area contributed by atoms with Gasteiger partial charge in [-0.3, -0.25) is 4.79 Å². The zero-order chi connectivity index (χ0) is 17.5. The van der Waals surface area contributed by atoms with Gasteiger partial charge in [0.15, 0.2) is 0 Å². The molecule has 0 bridgehead atoms. The normalized spacial score (nSPS) is 18.6. The predicted molar refractivity (Wildman–Crippen MR) is 90.6 cm³/mol. The van der Waals surface area contributed by atoms with Crippen molar-refractivity contribution in [3.8, 4) is 5.88 Å². The molecule has 0 aromatic carbocycles. The summed E-state index contributed by atoms with van der Waals surface area (Å²) in [6.45, 7) is 4.88. The molecule has 1 fully saturated rings. The van der Waals surface area contributed by atoms with Gasteiger partial charge in [0, 0.05) is 31.4 Å². The standard InChI is InChI=1S/C17H26N4O3/c1-12-6-4-5-9-21(12)16(22)13(2)20-17(23)19-11-14-7-8-15(24-3)18-10-14/h7-8,10,12-13H,4-6,9,11H2,1-3H3,(H2,19,20,23)/t12-,13-/m1/s1. The number of nitrogens with zero attached hydrogens (tertiary/aromatic N) is 2. The molecule has 1 aromatic rings. The number of ether oxygens (including phenoxy) is 1. The molecule has 2 atom stereocenters. The average molecular weight is 334 g/mol. The molecule has 3 amide bonds. The molecule has 0 aliphatic carbocycles. The minimum Gasteiger partial charge on any atom is -0.481 e. The maximum atomic E-state index is 12.4. The summed E-state index contributed by atoms with van der Waals surface area (Å²) in [7, 11) is 1.55. The molecule has 24 heavy (non-hydrogen) atoms. The zero-order valence-corrected chi connectivity index (χ0v) is 14.5. The lowest BCUT2D eigenvalue weighted by Crippen LogP contribution is -2.53. The molecule has 1 saturated heterocycles. The lowest BCUT2D eigenvalue weighted by Gasteiger charge is -2.35. The van der Waals surface area contributed by atoms with Crippen LogP contribution in [-0.4, -0.2) is 47.6 Å². The van der Waals surface area contributed by atoms with Crippen LogP contribution in [0, 0.1) is 0 Å². The smallest absolute Gasteiger partial charge is 0.315 e. The van der Waals surface area contributed by atoms with Gasteiger partial charge in [0.25, 0.3) is 0 Å². The summed E-state index contributed by atoms with van der Waals surface area (Å²) < 4.78 is 4.99. The van der Waals surface area contributed by atoms with Crippen LogP contribution in [0.5, 0.6) is 5.88 Å². The SMILES string of the molecule is COc1ccc(CNC(=O)N[C@H](C)C(=O)N2CCCC[C@H]2C)cn1. The van der Waals surface area contributed by atoms with E-state index in [1.807, 2.05) is 11.0 Å². The Morgan fingerprint density at radius 3 is 2.83 bits per heavy atom. The van der Waals surface area contributed by atoms with Gasteiger partial charge >= 0.3 is 6.03 Å². The van der Waals surface area contributed by atoms with Gasteiger partial charge in [0.05, 0.1) is 7.11 Å². The second-order valence-electron chi connectivity index (χ2n) is 6.13. The maximum Gasteiger partial charge on any atom is 0.315 e. The van der Waals surface area contributed by atoms with Crippen LogP contribution in [0.15, 0.2) is 18.3 Å². The van der Waals surface area contributed by atoms with Gasteiger partial charge in [-0.1, -0.05) is 6.07 Å². The third-order valence-electron chi connectivity index (χ3n) is 4.26. The molecule has 7 nitrogen and oxygen atoms in total. The first kappa shape index (κ1) is 18.0. The molecule has 2 N–H and O–H groups in total. The first-order valence-corrected chi connectivity index (χ1v) is 8.35. The summed E-state index contributed by atoms with van der Waals surface area (Å²) in [5, 5.41) is 5.44. The Labute approximate surface area is 142 Å². The number of piperidine rings is 1. The van der Waals surface area contributed by atoms with Crippen LogP contribution >= 0.6 is 0 Å². The van der Waals surface area contributed by atoms with Crippen molar-refractivity contribution in [2.24, 2.45) is 0 Å². The van der Waals surface area contributed by atoms with Crippen LogP contribution in [0.2, 0.25) is 0 Å². The zero-order valence-electron chi connectivity index (χ0n) is 14.5. The van der Waals surface area contributed by atoms with Gasteiger partial charge < -0.3 is 20.3 Å². The van der Waals surface area contributed by atoms with E-state index in [4.69, 9.17) is 4.74 Å². The van der Waals surface area contributed by atoms with Crippen LogP contribution in [0.1, 0.15) is 38.7 Å². The summed E-state index contributed by atoms with van der Waals surface area (Å²) in [4.78, 5) is 30.4. The van der Waals surface area contributed by atoms with Gasteiger partial charge in [-0.15, -0.1) is 0 Å². The summed E-state index contributed by atoms with van der Waals surface area (Å²) in [6.07, 6.45) is 4.85. The van der Waals surface area contributed by atoms with Crippen molar-refractivity contribution in [2.75, 3.05) is 13.7 Å². The number of amides is 3. The number of carbonyl (C=O) groups excluding carboxylic acids is 2. The van der Waals surface area contributed by atoms with E-state index in [1.165, 1.54) is 0 Å². The van der Waals surface area contributed by atoms with Crippen molar-refractivity contribution in [1.82, 2.24) is 20.5 Å². The van der Waals surface area contributed by atoms with Crippen molar-refractivity contribution in [3.63, 3.8) is 0 Å². The third-order valence-corrected chi connectivity index (χ3v) is 4.26. The highest BCUT2D eigenvalue weighted by Gasteiger charge is 2.27. The Morgan fingerprint density at radius 2 is 2.21 bits per heavy atom. The highest BCUT2D eigenvalue weighted by Crippen LogP contribution is 2.17. The highest BCUT2D eigenvalue weighted by molar-refractivity contribution is 5.86. The summed E-state index contributed by atoms with van der Waals surface area (Å²) >= 11 is 0. The van der Waals surface area contributed by atoms with Crippen LogP contribution in [0.25, 0.3) is 0 Å². The van der Waals surface area contributed by atoms with Gasteiger partial charge in [0.2, 0.25) is 11.8 Å². The summed E-state index contributed by atoms with van der Waals surface area (Å²) in [6, 6.07) is 2.90. The van der Waals surface area contributed by atoms with Gasteiger partial charge in [-0.05, 0) is 38.7 Å². The van der Waals surface area contributed by atoms with E-state index in [-0.39, 0.29) is 18.0 Å². The molecule has 0 radical (unpaired) electrons. The fraction of sp³-hybridized carbons (Fsp3) is 0.588. The molecule has 1 aliphatic rings. The Morgan fingerprint density at radius 1 is 1.42 bits per heavy atom. The van der Waals surface area contributed by atoms with E-state index in [0.29, 0.717) is 12.4 Å². The van der Waals surface area contributed by atoms with E-state index < -0.39 is 6.04 Å². The van der Waals surface area contributed by atoms with E-state index in [1.54, 1.807) is 26.3 Å². The minimum absolute atomic E-state index is 0.0246. The van der Waals surface area contributed by atoms with E-state index >= 15 is 0 Å². The Kier molecular flexibility index (Phi) is 6.40. The van der Waals surface area contributed by atoms with E-state index in [9.17, 15) is 9.59 Å². The average Bonchev–Trinajstić information content (AvgIpc) is 2.60. The fourth-order valence-electron chi connectivity index (χ4n) is 2.80. The summed E-state index contributed by atoms with van der Waals surface area (Å²) in [5.41, 5.74) is 0.856. The molecular formula is C17H26N4O3. The molecule has 1 aliphatic heterocycles. The second kappa shape index (κ2) is 8.52. The quantitative estimate of drug-likeness (QED) is 0.858. The molecule has 2 rings (SSSR count). The van der Waals surface area contributed by atoms with Gasteiger partial charge in [-0.25, -0.2) is 9.78 Å². The van der Waals surface area contributed by atoms with Crippen LogP contribution < -0.4 is 15.4 Å². The molecule has 1 aromatic heterocycles.